The maximum absolute atomic E-state index is 5.24. The number of piperidine rings is 1. The average molecular weight is 335 g/mol. The van der Waals surface area contributed by atoms with Crippen molar-refractivity contribution in [3.63, 3.8) is 0 Å². The minimum absolute atomic E-state index is 0.508. The van der Waals surface area contributed by atoms with Crippen LogP contribution in [0.3, 0.4) is 0 Å². The Balaban J connectivity index is 1.28. The van der Waals surface area contributed by atoms with Crippen LogP contribution in [-0.4, -0.2) is 38.2 Å². The lowest BCUT2D eigenvalue weighted by Gasteiger charge is -2.30. The van der Waals surface area contributed by atoms with Gasteiger partial charge in [-0.1, -0.05) is 0 Å². The second-order valence-corrected chi connectivity index (χ2v) is 7.21. The fourth-order valence-corrected chi connectivity index (χ4v) is 3.75. The van der Waals surface area contributed by atoms with Gasteiger partial charge in [-0.3, -0.25) is 4.90 Å². The molecule has 0 amide bonds. The molecular weight excluding hydrogens is 314 g/mol. The molecule has 0 aromatic carbocycles. The number of rotatable bonds is 4. The molecule has 0 unspecified atom stereocenters. The first-order valence-corrected chi connectivity index (χ1v) is 9.09. The predicted molar refractivity (Wildman–Crippen MR) is 93.1 cm³/mol. The Morgan fingerprint density at radius 1 is 1.08 bits per heavy atom. The Morgan fingerprint density at radius 2 is 1.96 bits per heavy atom. The zero-order chi connectivity index (χ0) is 16.6. The smallest absolute Gasteiger partial charge is 0.230 e. The summed E-state index contributed by atoms with van der Waals surface area (Å²) >= 11 is 0. The van der Waals surface area contributed by atoms with Crippen LogP contribution in [0, 0.1) is 0 Å². The Bertz CT molecular complexity index is 867. The van der Waals surface area contributed by atoms with Crippen LogP contribution in [0.2, 0.25) is 0 Å². The van der Waals surface area contributed by atoms with Crippen molar-refractivity contribution >= 4 is 11.0 Å². The summed E-state index contributed by atoms with van der Waals surface area (Å²) in [5.41, 5.74) is 3.43. The van der Waals surface area contributed by atoms with E-state index in [9.17, 15) is 0 Å². The van der Waals surface area contributed by atoms with Gasteiger partial charge in [-0.05, 0) is 68.5 Å². The second-order valence-electron chi connectivity index (χ2n) is 7.21. The fourth-order valence-electron chi connectivity index (χ4n) is 3.75. The number of fused-ring (bicyclic) bond motifs is 1. The zero-order valence-electron chi connectivity index (χ0n) is 14.1. The summed E-state index contributed by atoms with van der Waals surface area (Å²) in [5.74, 6) is 1.94. The molecule has 6 heteroatoms. The summed E-state index contributed by atoms with van der Waals surface area (Å²) in [6, 6.07) is 6.66. The van der Waals surface area contributed by atoms with Crippen LogP contribution in [-0.2, 0) is 6.54 Å². The van der Waals surface area contributed by atoms with E-state index >= 15 is 0 Å². The van der Waals surface area contributed by atoms with Crippen molar-refractivity contribution < 1.29 is 4.42 Å². The van der Waals surface area contributed by atoms with E-state index in [0.717, 1.165) is 44.0 Å². The van der Waals surface area contributed by atoms with Gasteiger partial charge < -0.3 is 4.42 Å². The molecule has 1 saturated heterocycles. The van der Waals surface area contributed by atoms with Crippen molar-refractivity contribution in [2.45, 2.75) is 44.1 Å². The maximum atomic E-state index is 5.24. The van der Waals surface area contributed by atoms with Crippen LogP contribution < -0.4 is 0 Å². The normalized spacial score (nSPS) is 19.5. The van der Waals surface area contributed by atoms with Gasteiger partial charge in [0.1, 0.15) is 0 Å². The molecule has 0 bridgehead atoms. The average Bonchev–Trinajstić information content (AvgIpc) is 3.39. The molecule has 3 aromatic rings. The highest BCUT2D eigenvalue weighted by molar-refractivity contribution is 5.75. The van der Waals surface area contributed by atoms with Crippen LogP contribution in [0.15, 0.2) is 35.2 Å². The van der Waals surface area contributed by atoms with Gasteiger partial charge in [-0.2, -0.15) is 0 Å². The third-order valence-electron chi connectivity index (χ3n) is 5.40. The number of aromatic nitrogens is 4. The van der Waals surface area contributed by atoms with E-state index in [1.807, 2.05) is 6.20 Å². The Morgan fingerprint density at radius 3 is 2.72 bits per heavy atom. The van der Waals surface area contributed by atoms with Crippen LogP contribution in [0.5, 0.6) is 0 Å². The van der Waals surface area contributed by atoms with Gasteiger partial charge in [0.25, 0.3) is 0 Å². The lowest BCUT2D eigenvalue weighted by molar-refractivity contribution is 0.186. The van der Waals surface area contributed by atoms with E-state index in [1.165, 1.54) is 35.9 Å². The first-order valence-electron chi connectivity index (χ1n) is 9.09. The standard InChI is InChI=1S/C19H21N5O/c1-2-13(1)16-9-15-3-4-17(22-19(15)20-10-16)14-5-7-24(8-6-14)11-18-23-21-12-25-18/h3-4,9-10,12-14H,1-2,5-8,11H2. The zero-order valence-corrected chi connectivity index (χ0v) is 14.1. The highest BCUT2D eigenvalue weighted by Crippen LogP contribution is 2.40. The van der Waals surface area contributed by atoms with Gasteiger partial charge in [0.05, 0.1) is 6.54 Å². The van der Waals surface area contributed by atoms with E-state index in [1.54, 1.807) is 0 Å². The topological polar surface area (TPSA) is 67.9 Å². The number of hydrogen-bond acceptors (Lipinski definition) is 6. The number of hydrogen-bond donors (Lipinski definition) is 0. The first-order chi connectivity index (χ1) is 12.3. The van der Waals surface area contributed by atoms with Crippen molar-refractivity contribution in [2.24, 2.45) is 0 Å². The van der Waals surface area contributed by atoms with E-state index in [4.69, 9.17) is 9.40 Å². The summed E-state index contributed by atoms with van der Waals surface area (Å²) in [4.78, 5) is 11.8. The van der Waals surface area contributed by atoms with Crippen molar-refractivity contribution in [3.05, 3.63) is 47.9 Å². The minimum Gasteiger partial charge on any atom is -0.427 e. The van der Waals surface area contributed by atoms with Crippen LogP contribution in [0.1, 0.15) is 54.7 Å². The highest BCUT2D eigenvalue weighted by atomic mass is 16.4. The highest BCUT2D eigenvalue weighted by Gasteiger charge is 2.25. The summed E-state index contributed by atoms with van der Waals surface area (Å²) in [6.07, 6.45) is 8.23. The molecule has 128 valence electrons. The van der Waals surface area contributed by atoms with Gasteiger partial charge >= 0.3 is 0 Å². The lowest BCUT2D eigenvalue weighted by Crippen LogP contribution is -2.32. The largest absolute Gasteiger partial charge is 0.427 e. The molecule has 2 aliphatic rings. The van der Waals surface area contributed by atoms with Crippen molar-refractivity contribution in [3.8, 4) is 0 Å². The molecule has 2 fully saturated rings. The monoisotopic (exact) mass is 335 g/mol. The van der Waals surface area contributed by atoms with Gasteiger partial charge in [-0.15, -0.1) is 10.2 Å². The van der Waals surface area contributed by atoms with Crippen molar-refractivity contribution in [1.29, 1.82) is 0 Å². The molecule has 3 aromatic heterocycles. The predicted octanol–water partition coefficient (Wildman–Crippen LogP) is 3.27. The van der Waals surface area contributed by atoms with Crippen molar-refractivity contribution in [1.82, 2.24) is 25.1 Å². The molecule has 0 radical (unpaired) electrons. The van der Waals surface area contributed by atoms with Gasteiger partial charge in [0.15, 0.2) is 5.65 Å². The van der Waals surface area contributed by atoms with E-state index < -0.39 is 0 Å². The van der Waals surface area contributed by atoms with Crippen LogP contribution >= 0.6 is 0 Å². The fraction of sp³-hybridized carbons (Fsp3) is 0.474. The Hall–Kier alpha value is -2.34. The second kappa shape index (κ2) is 6.19. The van der Waals surface area contributed by atoms with Crippen LogP contribution in [0.25, 0.3) is 11.0 Å². The van der Waals surface area contributed by atoms with Crippen LogP contribution in [0.4, 0.5) is 0 Å². The molecule has 1 saturated carbocycles. The first kappa shape index (κ1) is 15.0. The lowest BCUT2D eigenvalue weighted by atomic mass is 9.93. The summed E-state index contributed by atoms with van der Waals surface area (Å²) < 4.78 is 5.24. The number of pyridine rings is 2. The Kier molecular flexibility index (Phi) is 3.70. The molecule has 1 aliphatic heterocycles. The summed E-state index contributed by atoms with van der Waals surface area (Å²) in [6.45, 7) is 2.80. The number of likely N-dealkylation sites (tertiary alicyclic amines) is 1. The molecule has 0 N–H and O–H groups in total. The molecular formula is C19H21N5O. The van der Waals surface area contributed by atoms with Gasteiger partial charge in [0, 0.05) is 23.2 Å². The van der Waals surface area contributed by atoms with Gasteiger partial charge in [0.2, 0.25) is 12.3 Å². The van der Waals surface area contributed by atoms with Gasteiger partial charge in [-0.25, -0.2) is 9.97 Å². The molecule has 6 nitrogen and oxygen atoms in total. The molecule has 0 atom stereocenters. The van der Waals surface area contributed by atoms with E-state index in [-0.39, 0.29) is 0 Å². The number of nitrogens with zero attached hydrogens (tertiary/aromatic N) is 5. The molecule has 0 spiro atoms. The Labute approximate surface area is 146 Å². The third kappa shape index (κ3) is 3.14. The maximum Gasteiger partial charge on any atom is 0.230 e. The molecule has 4 heterocycles. The molecule has 5 rings (SSSR count). The quantitative estimate of drug-likeness (QED) is 0.729. The SMILES string of the molecule is c1nnc(CN2CCC(c3ccc4cc(C5CC5)cnc4n3)CC2)o1. The van der Waals surface area contributed by atoms with E-state index in [2.05, 4.69) is 38.3 Å². The third-order valence-corrected chi connectivity index (χ3v) is 5.40. The van der Waals surface area contributed by atoms with Crippen molar-refractivity contribution in [2.75, 3.05) is 13.1 Å². The summed E-state index contributed by atoms with van der Waals surface area (Å²) in [5, 5.41) is 8.87. The summed E-state index contributed by atoms with van der Waals surface area (Å²) in [7, 11) is 0. The molecule has 1 aliphatic carbocycles. The molecule has 25 heavy (non-hydrogen) atoms. The minimum atomic E-state index is 0.508. The van der Waals surface area contributed by atoms with E-state index in [0.29, 0.717) is 11.8 Å².